The van der Waals surface area contributed by atoms with E-state index in [1.165, 1.54) is 56.2 Å². The molecule has 0 bridgehead atoms. The van der Waals surface area contributed by atoms with Crippen molar-refractivity contribution in [3.8, 4) is 17.9 Å². The van der Waals surface area contributed by atoms with Gasteiger partial charge in [0.2, 0.25) is 0 Å². The zero-order valence-electron chi connectivity index (χ0n) is 19.4. The van der Waals surface area contributed by atoms with Crippen LogP contribution in [0.4, 0.5) is 8.78 Å². The van der Waals surface area contributed by atoms with Crippen LogP contribution in [0.5, 0.6) is 0 Å². The van der Waals surface area contributed by atoms with Crippen molar-refractivity contribution in [2.45, 2.75) is 51.4 Å². The maximum absolute atomic E-state index is 15.1. The monoisotopic (exact) mass is 453 g/mol. The first kappa shape index (κ1) is 23.7. The van der Waals surface area contributed by atoms with Crippen LogP contribution in [0.2, 0.25) is 0 Å². The minimum atomic E-state index is -0.624. The molecule has 0 aliphatic heterocycles. The highest BCUT2D eigenvalue weighted by Gasteiger charge is 2.20. The van der Waals surface area contributed by atoms with Gasteiger partial charge in [-0.15, -0.1) is 6.58 Å². The third-order valence-electron chi connectivity index (χ3n) is 7.04. The van der Waals surface area contributed by atoms with Gasteiger partial charge in [-0.2, -0.15) is 5.26 Å². The molecule has 1 nitrogen and oxygen atoms in total. The Bertz CT molecular complexity index is 1280. The van der Waals surface area contributed by atoms with Crippen LogP contribution in [0.25, 0.3) is 10.8 Å². The fourth-order valence-corrected chi connectivity index (χ4v) is 4.95. The minimum absolute atomic E-state index is 0.0329. The van der Waals surface area contributed by atoms with Crippen molar-refractivity contribution < 1.29 is 8.78 Å². The molecule has 1 saturated carbocycles. The predicted octanol–water partition coefficient (Wildman–Crippen LogP) is 8.09. The molecular weight excluding hydrogens is 424 g/mol. The molecule has 0 saturated heterocycles. The first-order valence-electron chi connectivity index (χ1n) is 12.1. The lowest BCUT2D eigenvalue weighted by Crippen LogP contribution is -2.15. The zero-order chi connectivity index (χ0) is 23.9. The number of hydrogen-bond donors (Lipinski definition) is 0. The summed E-state index contributed by atoms with van der Waals surface area (Å²) in [6.45, 7) is 3.83. The highest BCUT2D eigenvalue weighted by molar-refractivity contribution is 5.85. The van der Waals surface area contributed by atoms with Crippen molar-refractivity contribution in [3.63, 3.8) is 0 Å². The van der Waals surface area contributed by atoms with E-state index in [4.69, 9.17) is 5.26 Å². The maximum atomic E-state index is 15.1. The highest BCUT2D eigenvalue weighted by Crippen LogP contribution is 2.34. The SMILES string of the molecule is C=CCCC1CCC(CCc2ccc3c(F)c(C#Cc4ccc(C#N)c(F)c4)ccc3c2)CC1. The number of nitriles is 1. The number of aryl methyl sites for hydroxylation is 1. The molecule has 3 aromatic rings. The molecule has 3 aromatic carbocycles. The lowest BCUT2D eigenvalue weighted by molar-refractivity contribution is 0.254. The van der Waals surface area contributed by atoms with Crippen LogP contribution >= 0.6 is 0 Å². The minimum Gasteiger partial charge on any atom is -0.206 e. The van der Waals surface area contributed by atoms with Gasteiger partial charge in [-0.05, 0) is 72.7 Å². The summed E-state index contributed by atoms with van der Waals surface area (Å²) in [7, 11) is 0. The summed E-state index contributed by atoms with van der Waals surface area (Å²) < 4.78 is 28.9. The Morgan fingerprint density at radius 2 is 1.62 bits per heavy atom. The van der Waals surface area contributed by atoms with Gasteiger partial charge in [0.05, 0.1) is 11.1 Å². The van der Waals surface area contributed by atoms with Gasteiger partial charge >= 0.3 is 0 Å². The quantitative estimate of drug-likeness (QED) is 0.273. The van der Waals surface area contributed by atoms with Gasteiger partial charge in [0, 0.05) is 10.9 Å². The summed E-state index contributed by atoms with van der Waals surface area (Å²) in [4.78, 5) is 0. The Balaban J connectivity index is 1.41. The second kappa shape index (κ2) is 11.1. The number of halogens is 2. The molecule has 0 heterocycles. The zero-order valence-corrected chi connectivity index (χ0v) is 19.4. The van der Waals surface area contributed by atoms with E-state index in [1.807, 2.05) is 24.3 Å². The van der Waals surface area contributed by atoms with Crippen molar-refractivity contribution >= 4 is 10.8 Å². The summed E-state index contributed by atoms with van der Waals surface area (Å²) in [6, 6.07) is 15.5. The molecule has 0 aromatic heterocycles. The van der Waals surface area contributed by atoms with Gasteiger partial charge < -0.3 is 0 Å². The smallest absolute Gasteiger partial charge is 0.146 e. The summed E-state index contributed by atoms with van der Waals surface area (Å²) in [6.07, 6.45) is 11.9. The standard InChI is InChI=1S/C31H29F2N/c1-2-3-4-22-5-7-23(8-6-22)9-10-24-13-18-29-27(19-24)17-16-26(31(29)33)14-11-25-12-15-28(21-34)30(32)20-25/h2,12-13,15-20,22-23H,1,3-10H2. The van der Waals surface area contributed by atoms with Crippen LogP contribution in [0.15, 0.2) is 61.2 Å². The van der Waals surface area contributed by atoms with Crippen LogP contribution in [-0.4, -0.2) is 0 Å². The average molecular weight is 454 g/mol. The predicted molar refractivity (Wildman–Crippen MR) is 134 cm³/mol. The van der Waals surface area contributed by atoms with E-state index in [0.29, 0.717) is 10.9 Å². The number of allylic oxidation sites excluding steroid dienone is 1. The Morgan fingerprint density at radius 3 is 2.32 bits per heavy atom. The third kappa shape index (κ3) is 5.73. The largest absolute Gasteiger partial charge is 0.206 e. The van der Waals surface area contributed by atoms with Gasteiger partial charge in [0.1, 0.15) is 17.7 Å². The fourth-order valence-electron chi connectivity index (χ4n) is 4.95. The summed E-state index contributed by atoms with van der Waals surface area (Å²) in [5, 5.41) is 10.2. The van der Waals surface area contributed by atoms with E-state index in [0.717, 1.165) is 30.1 Å². The maximum Gasteiger partial charge on any atom is 0.146 e. The number of benzene rings is 3. The number of hydrogen-bond acceptors (Lipinski definition) is 1. The molecular formula is C31H29F2N. The van der Waals surface area contributed by atoms with Gasteiger partial charge in [-0.3, -0.25) is 0 Å². The Morgan fingerprint density at radius 1 is 0.882 bits per heavy atom. The molecule has 0 spiro atoms. The van der Waals surface area contributed by atoms with Crippen molar-refractivity contribution in [2.75, 3.05) is 0 Å². The van der Waals surface area contributed by atoms with E-state index in [2.05, 4.69) is 24.5 Å². The summed E-state index contributed by atoms with van der Waals surface area (Å²) >= 11 is 0. The van der Waals surface area contributed by atoms with Gasteiger partial charge in [-0.1, -0.05) is 67.9 Å². The van der Waals surface area contributed by atoms with Crippen LogP contribution < -0.4 is 0 Å². The first-order chi connectivity index (χ1) is 16.6. The van der Waals surface area contributed by atoms with Crippen molar-refractivity contribution in [2.24, 2.45) is 11.8 Å². The van der Waals surface area contributed by atoms with E-state index >= 15 is 4.39 Å². The van der Waals surface area contributed by atoms with Gasteiger partial charge in [0.15, 0.2) is 0 Å². The van der Waals surface area contributed by atoms with E-state index in [-0.39, 0.29) is 16.9 Å². The molecule has 4 rings (SSSR count). The molecule has 0 radical (unpaired) electrons. The lowest BCUT2D eigenvalue weighted by atomic mass is 9.78. The second-order valence-corrected chi connectivity index (χ2v) is 9.33. The first-order valence-corrected chi connectivity index (χ1v) is 12.1. The second-order valence-electron chi connectivity index (χ2n) is 9.33. The number of fused-ring (bicyclic) bond motifs is 1. The molecule has 0 N–H and O–H groups in total. The summed E-state index contributed by atoms with van der Waals surface area (Å²) in [5.41, 5.74) is 1.89. The topological polar surface area (TPSA) is 23.8 Å². The Labute approximate surface area is 201 Å². The Hall–Kier alpha value is -3.43. The molecule has 0 amide bonds. The van der Waals surface area contributed by atoms with E-state index in [9.17, 15) is 4.39 Å². The van der Waals surface area contributed by atoms with Crippen molar-refractivity contribution in [3.05, 3.63) is 95.1 Å². The summed E-state index contributed by atoms with van der Waals surface area (Å²) in [5.74, 6) is 6.28. The van der Waals surface area contributed by atoms with Crippen LogP contribution in [0.1, 0.15) is 67.2 Å². The van der Waals surface area contributed by atoms with Gasteiger partial charge in [-0.25, -0.2) is 8.78 Å². The third-order valence-corrected chi connectivity index (χ3v) is 7.04. The highest BCUT2D eigenvalue weighted by atomic mass is 19.1. The van der Waals surface area contributed by atoms with Crippen molar-refractivity contribution in [1.82, 2.24) is 0 Å². The van der Waals surface area contributed by atoms with Crippen LogP contribution in [-0.2, 0) is 6.42 Å². The molecule has 34 heavy (non-hydrogen) atoms. The lowest BCUT2D eigenvalue weighted by Gasteiger charge is -2.28. The van der Waals surface area contributed by atoms with Crippen LogP contribution in [0.3, 0.4) is 0 Å². The van der Waals surface area contributed by atoms with Crippen LogP contribution in [0, 0.1) is 46.6 Å². The molecule has 1 aliphatic carbocycles. The Kier molecular flexibility index (Phi) is 7.76. The average Bonchev–Trinajstić information content (AvgIpc) is 2.86. The molecule has 0 unspecified atom stereocenters. The molecule has 172 valence electrons. The molecule has 3 heteroatoms. The van der Waals surface area contributed by atoms with Crippen molar-refractivity contribution in [1.29, 1.82) is 5.26 Å². The normalized spacial score (nSPS) is 17.6. The van der Waals surface area contributed by atoms with E-state index in [1.54, 1.807) is 18.2 Å². The fraction of sp³-hybridized carbons (Fsp3) is 0.323. The number of rotatable bonds is 6. The van der Waals surface area contributed by atoms with Gasteiger partial charge in [0.25, 0.3) is 0 Å². The number of nitrogens with zero attached hydrogens (tertiary/aromatic N) is 1. The molecule has 1 aliphatic rings. The molecule has 0 atom stereocenters. The molecule has 1 fully saturated rings. The van der Waals surface area contributed by atoms with E-state index < -0.39 is 5.82 Å².